The molecular formula is C11H19NO4. The first-order chi connectivity index (χ1) is 7.38. The summed E-state index contributed by atoms with van der Waals surface area (Å²) in [5.74, 6) is -0.690. The topological polar surface area (TPSA) is 64.6 Å². The maximum absolute atomic E-state index is 11.7. The van der Waals surface area contributed by atoms with E-state index in [0.29, 0.717) is 12.8 Å². The third kappa shape index (κ3) is 2.19. The maximum Gasteiger partial charge on any atom is 0.325 e. The Bertz CT molecular complexity index is 276. The van der Waals surface area contributed by atoms with Gasteiger partial charge in [-0.1, -0.05) is 0 Å². The van der Waals surface area contributed by atoms with Gasteiger partial charge in [-0.15, -0.1) is 0 Å². The van der Waals surface area contributed by atoms with Crippen LogP contribution < -0.4 is 5.32 Å². The fourth-order valence-electron chi connectivity index (χ4n) is 2.29. The Labute approximate surface area is 95.5 Å². The second kappa shape index (κ2) is 4.41. The van der Waals surface area contributed by atoms with E-state index in [4.69, 9.17) is 9.47 Å². The summed E-state index contributed by atoms with van der Waals surface area (Å²) in [6.07, 6.45) is 2.10. The number of ether oxygens (including phenoxy) is 2. The molecule has 92 valence electrons. The zero-order valence-electron chi connectivity index (χ0n) is 10.3. The van der Waals surface area contributed by atoms with E-state index in [0.717, 1.165) is 6.42 Å². The summed E-state index contributed by atoms with van der Waals surface area (Å²) in [4.78, 5) is 23.3. The van der Waals surface area contributed by atoms with Gasteiger partial charge in [-0.3, -0.25) is 14.9 Å². The Morgan fingerprint density at radius 1 is 1.00 bits per heavy atom. The first-order valence-electron chi connectivity index (χ1n) is 5.34. The fraction of sp³-hybridized carbons (Fsp3) is 0.818. The van der Waals surface area contributed by atoms with Gasteiger partial charge in [0.2, 0.25) is 0 Å². The van der Waals surface area contributed by atoms with Crippen molar-refractivity contribution in [3.05, 3.63) is 0 Å². The molecule has 0 amide bonds. The molecule has 0 aliphatic carbocycles. The van der Waals surface area contributed by atoms with Gasteiger partial charge in [-0.25, -0.2) is 0 Å². The minimum Gasteiger partial charge on any atom is -0.468 e. The standard InChI is InChI=1S/C11H19NO4/c1-10(8(13)15-3)6-5-7-11(2,12-10)9(14)16-4/h12H,5-7H2,1-4H3/t10-,11-/m1/s1. The van der Waals surface area contributed by atoms with Crippen molar-refractivity contribution in [2.45, 2.75) is 44.2 Å². The fourth-order valence-corrected chi connectivity index (χ4v) is 2.29. The molecule has 1 N–H and O–H groups in total. The predicted octanol–water partition coefficient (Wildman–Crippen LogP) is 0.623. The van der Waals surface area contributed by atoms with Crippen molar-refractivity contribution in [3.8, 4) is 0 Å². The highest BCUT2D eigenvalue weighted by Crippen LogP contribution is 2.30. The second-order valence-electron chi connectivity index (χ2n) is 4.63. The van der Waals surface area contributed by atoms with E-state index in [1.807, 2.05) is 0 Å². The lowest BCUT2D eigenvalue weighted by Gasteiger charge is -2.42. The van der Waals surface area contributed by atoms with Gasteiger partial charge in [0.15, 0.2) is 0 Å². The van der Waals surface area contributed by atoms with Gasteiger partial charge in [-0.2, -0.15) is 0 Å². The Morgan fingerprint density at radius 3 is 1.69 bits per heavy atom. The zero-order chi connectivity index (χ0) is 12.4. The summed E-state index contributed by atoms with van der Waals surface area (Å²) in [6, 6.07) is 0. The van der Waals surface area contributed by atoms with Crippen LogP contribution in [0.5, 0.6) is 0 Å². The summed E-state index contributed by atoms with van der Waals surface area (Å²) in [5.41, 5.74) is -1.62. The first-order valence-corrected chi connectivity index (χ1v) is 5.34. The molecule has 1 aliphatic heterocycles. The molecule has 5 nitrogen and oxygen atoms in total. The van der Waals surface area contributed by atoms with Crippen LogP contribution in [0.4, 0.5) is 0 Å². The molecule has 1 fully saturated rings. The summed E-state index contributed by atoms with van der Waals surface area (Å²) < 4.78 is 9.49. The summed E-state index contributed by atoms with van der Waals surface area (Å²) in [7, 11) is 2.69. The van der Waals surface area contributed by atoms with Gasteiger partial charge in [0.05, 0.1) is 14.2 Å². The lowest BCUT2D eigenvalue weighted by molar-refractivity contribution is -0.157. The molecule has 0 aromatic carbocycles. The van der Waals surface area contributed by atoms with Crippen molar-refractivity contribution >= 4 is 11.9 Å². The van der Waals surface area contributed by atoms with Crippen LogP contribution in [-0.2, 0) is 19.1 Å². The molecule has 0 saturated carbocycles. The first kappa shape index (κ1) is 13.0. The third-order valence-corrected chi connectivity index (χ3v) is 3.18. The molecule has 0 aromatic rings. The average molecular weight is 229 g/mol. The van der Waals surface area contributed by atoms with Crippen LogP contribution in [0.2, 0.25) is 0 Å². The van der Waals surface area contributed by atoms with Crippen LogP contribution >= 0.6 is 0 Å². The third-order valence-electron chi connectivity index (χ3n) is 3.18. The van der Waals surface area contributed by atoms with Crippen molar-refractivity contribution < 1.29 is 19.1 Å². The average Bonchev–Trinajstić information content (AvgIpc) is 2.26. The molecule has 0 bridgehead atoms. The monoisotopic (exact) mass is 229 g/mol. The smallest absolute Gasteiger partial charge is 0.325 e. The lowest BCUT2D eigenvalue weighted by Crippen LogP contribution is -2.65. The van der Waals surface area contributed by atoms with E-state index < -0.39 is 11.1 Å². The van der Waals surface area contributed by atoms with Gasteiger partial charge >= 0.3 is 11.9 Å². The van der Waals surface area contributed by atoms with Crippen molar-refractivity contribution in [3.63, 3.8) is 0 Å². The SMILES string of the molecule is COC(=O)[C@@]1(C)CCC[C@](C)(C(=O)OC)N1. The van der Waals surface area contributed by atoms with Crippen LogP contribution in [0.1, 0.15) is 33.1 Å². The Balaban J connectivity index is 2.88. The van der Waals surface area contributed by atoms with Crippen molar-refractivity contribution in [2.24, 2.45) is 0 Å². The van der Waals surface area contributed by atoms with Crippen LogP contribution in [0, 0.1) is 0 Å². The van der Waals surface area contributed by atoms with Crippen LogP contribution in [0.3, 0.4) is 0 Å². The van der Waals surface area contributed by atoms with Crippen molar-refractivity contribution in [1.29, 1.82) is 0 Å². The highest BCUT2D eigenvalue weighted by molar-refractivity contribution is 5.85. The summed E-state index contributed by atoms with van der Waals surface area (Å²) in [5, 5.41) is 3.06. The molecule has 2 atom stereocenters. The molecule has 1 saturated heterocycles. The second-order valence-corrected chi connectivity index (χ2v) is 4.63. The molecule has 0 aromatic heterocycles. The van der Waals surface area contributed by atoms with Crippen molar-refractivity contribution in [2.75, 3.05) is 14.2 Å². The number of carbonyl (C=O) groups is 2. The van der Waals surface area contributed by atoms with Gasteiger partial charge in [0.25, 0.3) is 0 Å². The summed E-state index contributed by atoms with van der Waals surface area (Å²) >= 11 is 0. The number of hydrogen-bond donors (Lipinski definition) is 1. The molecule has 1 aliphatic rings. The van der Waals surface area contributed by atoms with E-state index >= 15 is 0 Å². The van der Waals surface area contributed by atoms with Crippen molar-refractivity contribution in [1.82, 2.24) is 5.32 Å². The number of hydrogen-bond acceptors (Lipinski definition) is 5. The number of esters is 2. The Morgan fingerprint density at radius 2 is 1.38 bits per heavy atom. The molecule has 1 rings (SSSR count). The lowest BCUT2D eigenvalue weighted by atomic mass is 9.80. The van der Waals surface area contributed by atoms with E-state index in [-0.39, 0.29) is 11.9 Å². The molecule has 0 radical (unpaired) electrons. The number of nitrogens with one attached hydrogen (secondary N) is 1. The maximum atomic E-state index is 11.7. The van der Waals surface area contributed by atoms with E-state index in [1.54, 1.807) is 13.8 Å². The number of rotatable bonds is 2. The summed E-state index contributed by atoms with van der Waals surface area (Å²) in [6.45, 7) is 3.50. The number of piperidine rings is 1. The largest absolute Gasteiger partial charge is 0.468 e. The highest BCUT2D eigenvalue weighted by atomic mass is 16.5. The highest BCUT2D eigenvalue weighted by Gasteiger charge is 2.48. The zero-order valence-corrected chi connectivity index (χ0v) is 10.3. The molecular weight excluding hydrogens is 210 g/mol. The van der Waals surface area contributed by atoms with E-state index in [2.05, 4.69) is 5.32 Å². The van der Waals surface area contributed by atoms with E-state index in [9.17, 15) is 9.59 Å². The van der Waals surface area contributed by atoms with Crippen LogP contribution in [0.15, 0.2) is 0 Å². The van der Waals surface area contributed by atoms with Gasteiger partial charge in [0.1, 0.15) is 11.1 Å². The number of carbonyl (C=O) groups excluding carboxylic acids is 2. The normalized spacial score (nSPS) is 34.2. The predicted molar refractivity (Wildman–Crippen MR) is 57.8 cm³/mol. The Kier molecular flexibility index (Phi) is 3.57. The van der Waals surface area contributed by atoms with Gasteiger partial charge in [0, 0.05) is 0 Å². The van der Waals surface area contributed by atoms with Gasteiger partial charge < -0.3 is 9.47 Å². The minimum atomic E-state index is -0.810. The van der Waals surface area contributed by atoms with Crippen LogP contribution in [0.25, 0.3) is 0 Å². The van der Waals surface area contributed by atoms with Gasteiger partial charge in [-0.05, 0) is 33.1 Å². The number of methoxy groups -OCH3 is 2. The Hall–Kier alpha value is -1.10. The molecule has 1 heterocycles. The van der Waals surface area contributed by atoms with Crippen LogP contribution in [-0.4, -0.2) is 37.2 Å². The minimum absolute atomic E-state index is 0.345. The quantitative estimate of drug-likeness (QED) is 0.703. The molecule has 0 spiro atoms. The van der Waals surface area contributed by atoms with E-state index in [1.165, 1.54) is 14.2 Å². The molecule has 5 heteroatoms. The molecule has 0 unspecified atom stereocenters. The molecule has 16 heavy (non-hydrogen) atoms.